The van der Waals surface area contributed by atoms with Crippen molar-refractivity contribution in [3.63, 3.8) is 0 Å². The van der Waals surface area contributed by atoms with Crippen LogP contribution in [0.3, 0.4) is 0 Å². The van der Waals surface area contributed by atoms with Crippen LogP contribution in [0.2, 0.25) is 0 Å². The summed E-state index contributed by atoms with van der Waals surface area (Å²) in [6.45, 7) is 6.21. The van der Waals surface area contributed by atoms with E-state index in [9.17, 15) is 9.59 Å². The van der Waals surface area contributed by atoms with E-state index in [4.69, 9.17) is 9.15 Å². The van der Waals surface area contributed by atoms with Gasteiger partial charge in [0, 0.05) is 7.05 Å². The molecule has 0 radical (unpaired) electrons. The van der Waals surface area contributed by atoms with Crippen LogP contribution in [0.5, 0.6) is 0 Å². The molecule has 3 aromatic heterocycles. The van der Waals surface area contributed by atoms with Crippen molar-refractivity contribution in [1.29, 1.82) is 0 Å². The number of aromatic nitrogens is 3. The minimum atomic E-state index is -0.409. The Hall–Kier alpha value is -2.59. The molecule has 0 aliphatic heterocycles. The van der Waals surface area contributed by atoms with Gasteiger partial charge in [0.15, 0.2) is 16.7 Å². The number of rotatable bonds is 9. The third-order valence-corrected chi connectivity index (χ3v) is 6.10. The van der Waals surface area contributed by atoms with Gasteiger partial charge in [-0.15, -0.1) is 21.5 Å². The van der Waals surface area contributed by atoms with E-state index in [2.05, 4.69) is 29.4 Å². The maximum Gasteiger partial charge on any atom is 0.341 e. The van der Waals surface area contributed by atoms with E-state index in [1.54, 1.807) is 29.9 Å². The number of hydrogen-bond donors (Lipinski definition) is 1. The molecule has 0 bridgehead atoms. The normalized spacial score (nSPS) is 11.1. The number of hydrogen-bond acceptors (Lipinski definition) is 8. The van der Waals surface area contributed by atoms with Gasteiger partial charge in [0.25, 0.3) is 0 Å². The number of nitrogens with one attached hydrogen (secondary N) is 1. The van der Waals surface area contributed by atoms with Gasteiger partial charge in [-0.05, 0) is 42.3 Å². The molecule has 0 unspecified atom stereocenters. The zero-order valence-electron chi connectivity index (χ0n) is 17.3. The standard InChI is InChI=1S/C20H24N4O4S2/c1-5-27-19(26)16-13(9-12(2)3)10-29-18(16)21-15(25)11-30-20-23-22-17(24(20)4)14-7-6-8-28-14/h6-8,10,12H,5,9,11H2,1-4H3,(H,21,25). The Morgan fingerprint density at radius 2 is 2.17 bits per heavy atom. The highest BCUT2D eigenvalue weighted by Gasteiger charge is 2.22. The van der Waals surface area contributed by atoms with Crippen molar-refractivity contribution in [3.8, 4) is 11.6 Å². The summed E-state index contributed by atoms with van der Waals surface area (Å²) in [5.41, 5.74) is 1.35. The first-order valence-electron chi connectivity index (χ1n) is 9.54. The third kappa shape index (κ3) is 5.11. The fourth-order valence-electron chi connectivity index (χ4n) is 2.86. The summed E-state index contributed by atoms with van der Waals surface area (Å²) < 4.78 is 12.3. The van der Waals surface area contributed by atoms with E-state index in [1.165, 1.54) is 23.1 Å². The van der Waals surface area contributed by atoms with Gasteiger partial charge in [-0.1, -0.05) is 25.6 Å². The van der Waals surface area contributed by atoms with Crippen molar-refractivity contribution in [2.75, 3.05) is 17.7 Å². The summed E-state index contributed by atoms with van der Waals surface area (Å²) in [7, 11) is 1.81. The molecule has 3 aromatic rings. The lowest BCUT2D eigenvalue weighted by atomic mass is 10.0. The van der Waals surface area contributed by atoms with E-state index in [0.717, 1.165) is 12.0 Å². The number of esters is 1. The maximum absolute atomic E-state index is 12.5. The monoisotopic (exact) mass is 448 g/mol. The second-order valence-electron chi connectivity index (χ2n) is 6.96. The Balaban J connectivity index is 1.68. The molecule has 30 heavy (non-hydrogen) atoms. The Morgan fingerprint density at radius 1 is 1.37 bits per heavy atom. The Morgan fingerprint density at radius 3 is 2.83 bits per heavy atom. The average molecular weight is 449 g/mol. The quantitative estimate of drug-likeness (QED) is 0.386. The van der Waals surface area contributed by atoms with Crippen molar-refractivity contribution >= 4 is 40.0 Å². The molecule has 0 fully saturated rings. The fraction of sp³-hybridized carbons (Fsp3) is 0.400. The highest BCUT2D eigenvalue weighted by molar-refractivity contribution is 7.99. The molecule has 0 aromatic carbocycles. The number of amides is 1. The summed E-state index contributed by atoms with van der Waals surface area (Å²) in [4.78, 5) is 25.0. The first-order chi connectivity index (χ1) is 14.4. The molecule has 0 spiro atoms. The van der Waals surface area contributed by atoms with Crippen LogP contribution in [-0.4, -0.2) is 39.0 Å². The molecule has 1 N–H and O–H groups in total. The van der Waals surface area contributed by atoms with Gasteiger partial charge in [0.05, 0.1) is 24.2 Å². The predicted octanol–water partition coefficient (Wildman–Crippen LogP) is 4.24. The molecule has 0 aliphatic carbocycles. The smallest absolute Gasteiger partial charge is 0.341 e. The number of carbonyl (C=O) groups is 2. The highest BCUT2D eigenvalue weighted by Crippen LogP contribution is 2.31. The van der Waals surface area contributed by atoms with Gasteiger partial charge in [-0.3, -0.25) is 4.79 Å². The molecular formula is C20H24N4O4S2. The maximum atomic E-state index is 12.5. The van der Waals surface area contributed by atoms with Crippen molar-refractivity contribution in [2.24, 2.45) is 13.0 Å². The van der Waals surface area contributed by atoms with Crippen LogP contribution < -0.4 is 5.32 Å². The van der Waals surface area contributed by atoms with Crippen molar-refractivity contribution in [3.05, 3.63) is 34.9 Å². The second-order valence-corrected chi connectivity index (χ2v) is 8.79. The number of nitrogens with zero attached hydrogens (tertiary/aromatic N) is 3. The fourth-order valence-corrected chi connectivity index (χ4v) is 4.55. The SMILES string of the molecule is CCOC(=O)c1c(CC(C)C)csc1NC(=O)CSc1nnc(-c2ccco2)n1C. The molecule has 8 nitrogen and oxygen atoms in total. The van der Waals surface area contributed by atoms with E-state index in [1.807, 2.05) is 12.4 Å². The molecule has 1 amide bonds. The molecule has 0 atom stereocenters. The first-order valence-corrected chi connectivity index (χ1v) is 11.4. The van der Waals surface area contributed by atoms with Crippen molar-refractivity contribution in [1.82, 2.24) is 14.8 Å². The van der Waals surface area contributed by atoms with Crippen LogP contribution in [0, 0.1) is 5.92 Å². The third-order valence-electron chi connectivity index (χ3n) is 4.14. The van der Waals surface area contributed by atoms with Crippen molar-refractivity contribution in [2.45, 2.75) is 32.3 Å². The number of thiophene rings is 1. The average Bonchev–Trinajstić information content (AvgIpc) is 3.41. The molecule has 0 saturated carbocycles. The lowest BCUT2D eigenvalue weighted by molar-refractivity contribution is -0.113. The largest absolute Gasteiger partial charge is 0.462 e. The minimum Gasteiger partial charge on any atom is -0.462 e. The summed E-state index contributed by atoms with van der Waals surface area (Å²) in [6, 6.07) is 3.58. The lowest BCUT2D eigenvalue weighted by Gasteiger charge is -2.09. The Labute approximate surface area is 183 Å². The first kappa shape index (κ1) is 22.1. The van der Waals surface area contributed by atoms with Gasteiger partial charge in [-0.25, -0.2) is 4.79 Å². The van der Waals surface area contributed by atoms with Gasteiger partial charge in [-0.2, -0.15) is 0 Å². The van der Waals surface area contributed by atoms with Gasteiger partial charge >= 0.3 is 5.97 Å². The summed E-state index contributed by atoms with van der Waals surface area (Å²) in [6.07, 6.45) is 2.31. The summed E-state index contributed by atoms with van der Waals surface area (Å²) in [5.74, 6) is 1.07. The van der Waals surface area contributed by atoms with Gasteiger partial charge < -0.3 is 19.0 Å². The molecular weight excluding hydrogens is 424 g/mol. The number of carbonyl (C=O) groups excluding carboxylic acids is 2. The highest BCUT2D eigenvalue weighted by atomic mass is 32.2. The minimum absolute atomic E-state index is 0.129. The number of furan rings is 1. The van der Waals surface area contributed by atoms with E-state index >= 15 is 0 Å². The second kappa shape index (κ2) is 9.94. The van der Waals surface area contributed by atoms with Gasteiger partial charge in [0.1, 0.15) is 5.00 Å². The number of ether oxygens (including phenoxy) is 1. The molecule has 10 heteroatoms. The lowest BCUT2D eigenvalue weighted by Crippen LogP contribution is -2.17. The molecule has 3 heterocycles. The Bertz CT molecular complexity index is 1010. The van der Waals surface area contributed by atoms with E-state index in [-0.39, 0.29) is 18.3 Å². The zero-order valence-corrected chi connectivity index (χ0v) is 18.9. The van der Waals surface area contributed by atoms with Crippen LogP contribution in [0.15, 0.2) is 33.3 Å². The summed E-state index contributed by atoms with van der Waals surface area (Å²) >= 11 is 2.60. The van der Waals surface area contributed by atoms with Crippen molar-refractivity contribution < 1.29 is 18.7 Å². The predicted molar refractivity (Wildman–Crippen MR) is 117 cm³/mol. The molecule has 3 rings (SSSR count). The molecule has 0 saturated heterocycles. The van der Waals surface area contributed by atoms with Crippen LogP contribution in [0.4, 0.5) is 5.00 Å². The molecule has 0 aliphatic rings. The number of anilines is 1. The number of thioether (sulfide) groups is 1. The van der Waals surface area contributed by atoms with Crippen LogP contribution in [0.1, 0.15) is 36.7 Å². The molecule has 160 valence electrons. The zero-order chi connectivity index (χ0) is 21.7. The summed E-state index contributed by atoms with van der Waals surface area (Å²) in [5, 5.41) is 14.1. The van der Waals surface area contributed by atoms with E-state index < -0.39 is 5.97 Å². The van der Waals surface area contributed by atoms with E-state index in [0.29, 0.717) is 33.2 Å². The van der Waals surface area contributed by atoms with Gasteiger partial charge in [0.2, 0.25) is 5.91 Å². The van der Waals surface area contributed by atoms with Crippen LogP contribution in [-0.2, 0) is 23.0 Å². The Kier molecular flexibility index (Phi) is 7.33. The topological polar surface area (TPSA) is 99.2 Å². The van der Waals surface area contributed by atoms with Crippen LogP contribution >= 0.6 is 23.1 Å². The van der Waals surface area contributed by atoms with Crippen LogP contribution in [0.25, 0.3) is 11.6 Å².